The van der Waals surface area contributed by atoms with E-state index in [2.05, 4.69) is 0 Å². The van der Waals surface area contributed by atoms with Crippen LogP contribution in [0.4, 0.5) is 0 Å². The number of rotatable bonds is 6. The average Bonchev–Trinajstić information content (AvgIpc) is 2.48. The van der Waals surface area contributed by atoms with Crippen LogP contribution in [0.25, 0.3) is 0 Å². The smallest absolute Gasteiger partial charge is 0.245 e. The predicted molar refractivity (Wildman–Crippen MR) is 80.7 cm³/mol. The van der Waals surface area contributed by atoms with Crippen LogP contribution in [0.5, 0.6) is 0 Å². The van der Waals surface area contributed by atoms with Gasteiger partial charge in [0.25, 0.3) is 0 Å². The Morgan fingerprint density at radius 2 is 1.48 bits per heavy atom. The molecule has 2 atom stereocenters. The van der Waals surface area contributed by atoms with Gasteiger partial charge in [0.1, 0.15) is 5.78 Å². The Morgan fingerprint density at radius 1 is 1.00 bits per heavy atom. The Hall–Kier alpha value is -2.49. The van der Waals surface area contributed by atoms with Gasteiger partial charge in [0.05, 0.1) is 5.92 Å². The molecule has 4 heteroatoms. The lowest BCUT2D eigenvalue weighted by Crippen LogP contribution is -2.21. The molecule has 0 spiro atoms. The van der Waals surface area contributed by atoms with E-state index in [1.807, 2.05) is 36.4 Å². The van der Waals surface area contributed by atoms with Crippen molar-refractivity contribution in [1.82, 2.24) is 0 Å². The third-order valence-corrected chi connectivity index (χ3v) is 3.48. The van der Waals surface area contributed by atoms with Gasteiger partial charge in [-0.1, -0.05) is 60.7 Å². The van der Waals surface area contributed by atoms with Gasteiger partial charge >= 0.3 is 0 Å². The van der Waals surface area contributed by atoms with Gasteiger partial charge in [-0.2, -0.15) is 0 Å². The molecule has 0 aliphatic heterocycles. The van der Waals surface area contributed by atoms with E-state index in [4.69, 9.17) is 0 Å². The van der Waals surface area contributed by atoms with Crippen molar-refractivity contribution in [3.05, 3.63) is 81.9 Å². The minimum atomic E-state index is -0.919. The summed E-state index contributed by atoms with van der Waals surface area (Å²) in [5.74, 6) is -0.507. The molecule has 0 fully saturated rings. The second-order valence-electron chi connectivity index (χ2n) is 5.06. The molecular formula is C17H17NO3. The number of nitrogens with zero attached hydrogens (tertiary/aromatic N) is 1. The van der Waals surface area contributed by atoms with Gasteiger partial charge in [0.2, 0.25) is 6.04 Å². The molecule has 21 heavy (non-hydrogen) atoms. The molecule has 0 saturated carbocycles. The quantitative estimate of drug-likeness (QED) is 0.599. The Morgan fingerprint density at radius 3 is 1.90 bits per heavy atom. The van der Waals surface area contributed by atoms with Crippen LogP contribution < -0.4 is 0 Å². The van der Waals surface area contributed by atoms with Gasteiger partial charge in [-0.15, -0.1) is 0 Å². The number of carbonyl (C=O) groups is 1. The second-order valence-corrected chi connectivity index (χ2v) is 5.06. The number of ketones is 1. The predicted octanol–water partition coefficient (Wildman–Crippen LogP) is 3.77. The number of benzene rings is 2. The summed E-state index contributed by atoms with van der Waals surface area (Å²) in [5, 5.41) is 11.6. The van der Waals surface area contributed by atoms with Crippen LogP contribution in [0.15, 0.2) is 60.7 Å². The largest absolute Gasteiger partial charge is 0.300 e. The second kappa shape index (κ2) is 6.79. The van der Waals surface area contributed by atoms with Gasteiger partial charge in [-0.3, -0.25) is 10.1 Å². The van der Waals surface area contributed by atoms with Crippen molar-refractivity contribution >= 4 is 5.78 Å². The maximum absolute atomic E-state index is 11.6. The topological polar surface area (TPSA) is 60.2 Å². The summed E-state index contributed by atoms with van der Waals surface area (Å²) in [4.78, 5) is 22.9. The number of Topliss-reactive ketones (excluding diaryl/α,β-unsaturated/α-hetero) is 1. The first-order valence-corrected chi connectivity index (χ1v) is 6.82. The third-order valence-electron chi connectivity index (χ3n) is 3.48. The molecule has 0 aromatic heterocycles. The van der Waals surface area contributed by atoms with E-state index in [9.17, 15) is 14.9 Å². The van der Waals surface area contributed by atoms with Crippen LogP contribution in [0.1, 0.15) is 36.4 Å². The minimum absolute atomic E-state index is 0.0494. The van der Waals surface area contributed by atoms with Gasteiger partial charge < -0.3 is 4.79 Å². The summed E-state index contributed by atoms with van der Waals surface area (Å²) in [6, 6.07) is 17.2. The van der Waals surface area contributed by atoms with Crippen LogP contribution in [0, 0.1) is 10.1 Å². The zero-order chi connectivity index (χ0) is 15.2. The molecule has 0 unspecified atom stereocenters. The molecule has 0 N–H and O–H groups in total. The summed E-state index contributed by atoms with van der Waals surface area (Å²) < 4.78 is 0. The fourth-order valence-corrected chi connectivity index (χ4v) is 2.57. The highest BCUT2D eigenvalue weighted by atomic mass is 16.6. The van der Waals surface area contributed by atoms with Crippen LogP contribution in [0.2, 0.25) is 0 Å². The first kappa shape index (κ1) is 14.9. The number of hydrogen-bond donors (Lipinski definition) is 0. The summed E-state index contributed by atoms with van der Waals surface area (Å²) in [7, 11) is 0. The first-order chi connectivity index (χ1) is 10.1. The maximum Gasteiger partial charge on any atom is 0.245 e. The van der Waals surface area contributed by atoms with Crippen LogP contribution in [-0.4, -0.2) is 10.7 Å². The van der Waals surface area contributed by atoms with Crippen molar-refractivity contribution in [2.75, 3.05) is 0 Å². The molecule has 0 heterocycles. The zero-order valence-corrected chi connectivity index (χ0v) is 11.8. The fraction of sp³-hybridized carbons (Fsp3) is 0.235. The average molecular weight is 283 g/mol. The summed E-state index contributed by atoms with van der Waals surface area (Å²) in [5.41, 5.74) is 1.44. The number of nitro groups is 1. The van der Waals surface area contributed by atoms with Crippen molar-refractivity contribution in [2.45, 2.75) is 25.3 Å². The molecule has 0 radical (unpaired) electrons. The lowest BCUT2D eigenvalue weighted by Gasteiger charge is -2.20. The van der Waals surface area contributed by atoms with Crippen molar-refractivity contribution in [1.29, 1.82) is 0 Å². The van der Waals surface area contributed by atoms with E-state index >= 15 is 0 Å². The van der Waals surface area contributed by atoms with Crippen molar-refractivity contribution in [2.24, 2.45) is 0 Å². The fourth-order valence-electron chi connectivity index (χ4n) is 2.57. The van der Waals surface area contributed by atoms with E-state index < -0.39 is 12.0 Å². The highest BCUT2D eigenvalue weighted by Gasteiger charge is 2.35. The molecule has 0 amide bonds. The van der Waals surface area contributed by atoms with Gasteiger partial charge in [-0.05, 0) is 12.5 Å². The molecule has 108 valence electrons. The SMILES string of the molecule is CC(=O)C[C@@H](c1ccccc1)[C@H](c1ccccc1)[N+](=O)[O-]. The highest BCUT2D eigenvalue weighted by Crippen LogP contribution is 2.36. The Labute approximate surface area is 123 Å². The van der Waals surface area contributed by atoms with Gasteiger partial charge in [-0.25, -0.2) is 0 Å². The standard InChI is InChI=1S/C17H17NO3/c1-13(19)12-16(14-8-4-2-5-9-14)17(18(20)21)15-10-6-3-7-11-15/h2-11,16-17H,12H2,1H3/t16-,17-/m0/s1. The molecule has 0 aliphatic carbocycles. The van der Waals surface area contributed by atoms with Gasteiger partial charge in [0.15, 0.2) is 0 Å². The van der Waals surface area contributed by atoms with E-state index in [1.54, 1.807) is 24.3 Å². The molecule has 2 aromatic rings. The summed E-state index contributed by atoms with van der Waals surface area (Å²) >= 11 is 0. The van der Waals surface area contributed by atoms with Crippen molar-refractivity contribution in [3.63, 3.8) is 0 Å². The molecule has 2 aromatic carbocycles. The Balaban J connectivity index is 2.46. The Kier molecular flexibility index (Phi) is 4.82. The van der Waals surface area contributed by atoms with Crippen LogP contribution in [0.3, 0.4) is 0 Å². The molecule has 2 rings (SSSR count). The lowest BCUT2D eigenvalue weighted by atomic mass is 9.84. The molecular weight excluding hydrogens is 266 g/mol. The summed E-state index contributed by atoms with van der Waals surface area (Å²) in [6.07, 6.45) is 0.157. The minimum Gasteiger partial charge on any atom is -0.300 e. The van der Waals surface area contributed by atoms with E-state index in [0.29, 0.717) is 5.56 Å². The van der Waals surface area contributed by atoms with Crippen LogP contribution in [-0.2, 0) is 4.79 Å². The van der Waals surface area contributed by atoms with E-state index in [-0.39, 0.29) is 17.1 Å². The lowest BCUT2D eigenvalue weighted by molar-refractivity contribution is -0.533. The third kappa shape index (κ3) is 3.75. The number of hydrogen-bond acceptors (Lipinski definition) is 3. The maximum atomic E-state index is 11.6. The molecule has 0 bridgehead atoms. The van der Waals surface area contributed by atoms with E-state index in [1.165, 1.54) is 6.92 Å². The van der Waals surface area contributed by atoms with E-state index in [0.717, 1.165) is 5.56 Å². The monoisotopic (exact) mass is 283 g/mol. The van der Waals surface area contributed by atoms with Crippen molar-refractivity contribution < 1.29 is 9.72 Å². The normalized spacial score (nSPS) is 13.4. The molecule has 0 aliphatic rings. The molecule has 4 nitrogen and oxygen atoms in total. The van der Waals surface area contributed by atoms with Crippen LogP contribution >= 0.6 is 0 Å². The summed E-state index contributed by atoms with van der Waals surface area (Å²) in [6.45, 7) is 1.47. The number of carbonyl (C=O) groups excluding carboxylic acids is 1. The Bertz CT molecular complexity index is 610. The molecule has 0 saturated heterocycles. The van der Waals surface area contributed by atoms with Gasteiger partial charge in [0, 0.05) is 16.9 Å². The first-order valence-electron chi connectivity index (χ1n) is 6.82. The zero-order valence-electron chi connectivity index (χ0n) is 11.8. The van der Waals surface area contributed by atoms with Crippen molar-refractivity contribution in [3.8, 4) is 0 Å². The highest BCUT2D eigenvalue weighted by molar-refractivity contribution is 5.76.